The van der Waals surface area contributed by atoms with E-state index in [-0.39, 0.29) is 17.7 Å². The van der Waals surface area contributed by atoms with Crippen molar-refractivity contribution in [2.75, 3.05) is 26.1 Å². The third-order valence-corrected chi connectivity index (χ3v) is 6.09. The van der Waals surface area contributed by atoms with Crippen molar-refractivity contribution in [1.82, 2.24) is 4.90 Å². The third kappa shape index (κ3) is 6.59. The summed E-state index contributed by atoms with van der Waals surface area (Å²) in [4.78, 5) is 38.3. The van der Waals surface area contributed by atoms with Crippen molar-refractivity contribution in [3.05, 3.63) is 53.6 Å². The molecule has 7 nitrogen and oxygen atoms in total. The number of imide groups is 1. The molecule has 182 valence electrons. The Bertz CT molecular complexity index is 969. The van der Waals surface area contributed by atoms with Gasteiger partial charge in [-0.15, -0.1) is 0 Å². The molecule has 2 aromatic carbocycles. The maximum atomic E-state index is 12.3. The summed E-state index contributed by atoms with van der Waals surface area (Å²) in [6.45, 7) is 0.486. The van der Waals surface area contributed by atoms with E-state index in [4.69, 9.17) is 9.47 Å². The van der Waals surface area contributed by atoms with E-state index in [1.165, 1.54) is 4.90 Å². The smallest absolute Gasteiger partial charge is 0.261 e. The van der Waals surface area contributed by atoms with Gasteiger partial charge in [-0.05, 0) is 37.1 Å². The Labute approximate surface area is 201 Å². The highest BCUT2D eigenvalue weighted by Crippen LogP contribution is 2.29. The minimum absolute atomic E-state index is 0.0280. The van der Waals surface area contributed by atoms with E-state index in [0.717, 1.165) is 51.4 Å². The largest absolute Gasteiger partial charge is 0.497 e. The second-order valence-corrected chi connectivity index (χ2v) is 8.50. The van der Waals surface area contributed by atoms with E-state index in [9.17, 15) is 14.4 Å². The summed E-state index contributed by atoms with van der Waals surface area (Å²) in [7, 11) is 3.16. The number of carbonyl (C=O) groups is 3. The predicted molar refractivity (Wildman–Crippen MR) is 132 cm³/mol. The molecule has 34 heavy (non-hydrogen) atoms. The summed E-state index contributed by atoms with van der Waals surface area (Å²) in [5, 5.41) is 2.90. The van der Waals surface area contributed by atoms with Crippen molar-refractivity contribution in [2.45, 2.75) is 57.8 Å². The minimum Gasteiger partial charge on any atom is -0.497 e. The van der Waals surface area contributed by atoms with Crippen molar-refractivity contribution in [2.24, 2.45) is 0 Å². The number of nitrogens with zero attached hydrogens (tertiary/aromatic N) is 1. The molecule has 0 unspecified atom stereocenters. The van der Waals surface area contributed by atoms with Crippen LogP contribution in [0, 0.1) is 0 Å². The first-order valence-corrected chi connectivity index (χ1v) is 12.0. The van der Waals surface area contributed by atoms with Crippen LogP contribution in [0.15, 0.2) is 42.5 Å². The van der Waals surface area contributed by atoms with E-state index in [1.54, 1.807) is 56.7 Å². The van der Waals surface area contributed by atoms with E-state index >= 15 is 0 Å². The summed E-state index contributed by atoms with van der Waals surface area (Å²) >= 11 is 0. The summed E-state index contributed by atoms with van der Waals surface area (Å²) in [5.74, 6) is 0.903. The molecule has 1 N–H and O–H groups in total. The number of nitrogens with one attached hydrogen (secondary N) is 1. The fraction of sp³-hybridized carbons (Fsp3) is 0.444. The van der Waals surface area contributed by atoms with E-state index in [0.29, 0.717) is 41.3 Å². The fourth-order valence-electron chi connectivity index (χ4n) is 4.18. The molecule has 1 aliphatic rings. The summed E-state index contributed by atoms with van der Waals surface area (Å²) in [6, 6.07) is 12.3. The Hall–Kier alpha value is -3.35. The lowest BCUT2D eigenvalue weighted by Crippen LogP contribution is -2.30. The fourth-order valence-corrected chi connectivity index (χ4v) is 4.18. The lowest BCUT2D eigenvalue weighted by atomic mass is 10.1. The zero-order valence-electron chi connectivity index (χ0n) is 20.1. The molecular formula is C27H34N2O5. The number of methoxy groups -OCH3 is 2. The topological polar surface area (TPSA) is 84.9 Å². The van der Waals surface area contributed by atoms with Crippen LogP contribution in [-0.4, -0.2) is 43.4 Å². The minimum atomic E-state index is -0.172. The zero-order valence-corrected chi connectivity index (χ0v) is 20.1. The highest BCUT2D eigenvalue weighted by Gasteiger charge is 2.34. The molecule has 0 spiro atoms. The van der Waals surface area contributed by atoms with Gasteiger partial charge in [0.1, 0.15) is 11.5 Å². The maximum absolute atomic E-state index is 12.3. The first kappa shape index (κ1) is 25.3. The molecule has 0 atom stereocenters. The molecule has 3 rings (SSSR count). The third-order valence-electron chi connectivity index (χ3n) is 6.09. The molecule has 2 aromatic rings. The molecule has 3 amide bonds. The van der Waals surface area contributed by atoms with Crippen molar-refractivity contribution < 1.29 is 23.9 Å². The summed E-state index contributed by atoms with van der Waals surface area (Å²) in [6.07, 6.45) is 8.58. The van der Waals surface area contributed by atoms with Crippen LogP contribution in [0.25, 0.3) is 0 Å². The van der Waals surface area contributed by atoms with Crippen molar-refractivity contribution in [3.63, 3.8) is 0 Å². The molecule has 7 heteroatoms. The number of hydrogen-bond donors (Lipinski definition) is 1. The predicted octanol–water partition coefficient (Wildman–Crippen LogP) is 5.45. The molecule has 0 radical (unpaired) electrons. The maximum Gasteiger partial charge on any atom is 0.261 e. The van der Waals surface area contributed by atoms with Gasteiger partial charge in [-0.2, -0.15) is 0 Å². The molecule has 0 aromatic heterocycles. The van der Waals surface area contributed by atoms with Crippen LogP contribution in [0.3, 0.4) is 0 Å². The Kier molecular flexibility index (Phi) is 9.50. The lowest BCUT2D eigenvalue weighted by molar-refractivity contribution is -0.116. The molecular weight excluding hydrogens is 432 g/mol. The number of unbranched alkanes of at least 4 members (excludes halogenated alkanes) is 7. The number of hydrogen-bond acceptors (Lipinski definition) is 5. The first-order valence-electron chi connectivity index (χ1n) is 12.0. The molecule has 1 heterocycles. The number of fused-ring (bicyclic) bond motifs is 1. The SMILES string of the molecule is COc1ccc(OC)c(NC(=O)CCCCCCCCCCN2C(=O)c3ccccc3C2=O)c1. The number of ether oxygens (including phenoxy) is 2. The number of rotatable bonds is 14. The number of amides is 3. The highest BCUT2D eigenvalue weighted by atomic mass is 16.5. The van der Waals surface area contributed by atoms with Crippen LogP contribution in [0.5, 0.6) is 11.5 Å². The van der Waals surface area contributed by atoms with Gasteiger partial charge in [-0.1, -0.05) is 50.7 Å². The molecule has 0 bridgehead atoms. The average Bonchev–Trinajstić information content (AvgIpc) is 3.10. The van der Waals surface area contributed by atoms with Crippen LogP contribution < -0.4 is 14.8 Å². The molecule has 0 saturated carbocycles. The molecule has 1 aliphatic heterocycles. The Balaban J connectivity index is 1.22. The molecule has 0 aliphatic carbocycles. The Morgan fingerprint density at radius 3 is 1.97 bits per heavy atom. The second kappa shape index (κ2) is 12.8. The normalized spacial score (nSPS) is 12.6. The lowest BCUT2D eigenvalue weighted by Gasteiger charge is -2.13. The van der Waals surface area contributed by atoms with Crippen LogP contribution in [0.2, 0.25) is 0 Å². The zero-order chi connectivity index (χ0) is 24.3. The monoisotopic (exact) mass is 466 g/mol. The van der Waals surface area contributed by atoms with Crippen LogP contribution in [-0.2, 0) is 4.79 Å². The van der Waals surface area contributed by atoms with Crippen molar-refractivity contribution in [3.8, 4) is 11.5 Å². The highest BCUT2D eigenvalue weighted by molar-refractivity contribution is 6.21. The second-order valence-electron chi connectivity index (χ2n) is 8.50. The van der Waals surface area contributed by atoms with Gasteiger partial charge >= 0.3 is 0 Å². The van der Waals surface area contributed by atoms with Crippen LogP contribution in [0.4, 0.5) is 5.69 Å². The number of carbonyl (C=O) groups excluding carboxylic acids is 3. The van der Waals surface area contributed by atoms with Gasteiger partial charge in [0.05, 0.1) is 31.0 Å². The van der Waals surface area contributed by atoms with Gasteiger partial charge in [0.2, 0.25) is 5.91 Å². The Morgan fingerprint density at radius 2 is 1.38 bits per heavy atom. The van der Waals surface area contributed by atoms with Gasteiger partial charge in [0.15, 0.2) is 0 Å². The van der Waals surface area contributed by atoms with Gasteiger partial charge in [0.25, 0.3) is 11.8 Å². The number of anilines is 1. The van der Waals surface area contributed by atoms with Crippen molar-refractivity contribution in [1.29, 1.82) is 0 Å². The quantitative estimate of drug-likeness (QED) is 0.296. The number of benzene rings is 2. The molecule has 0 fully saturated rings. The molecule has 0 saturated heterocycles. The van der Waals surface area contributed by atoms with Gasteiger partial charge in [-0.3, -0.25) is 19.3 Å². The standard InChI is InChI=1S/C27H34N2O5/c1-33-20-16-17-24(34-2)23(19-20)28-25(30)15-9-7-5-3-4-6-8-12-18-29-26(31)21-13-10-11-14-22(21)27(29)32/h10-11,13-14,16-17,19H,3-9,12,15,18H2,1-2H3,(H,28,30). The van der Waals surface area contributed by atoms with Crippen molar-refractivity contribution >= 4 is 23.4 Å². The van der Waals surface area contributed by atoms with E-state index < -0.39 is 0 Å². The van der Waals surface area contributed by atoms with E-state index in [1.807, 2.05) is 0 Å². The van der Waals surface area contributed by atoms with Gasteiger partial charge in [0, 0.05) is 19.0 Å². The van der Waals surface area contributed by atoms with Crippen LogP contribution >= 0.6 is 0 Å². The Morgan fingerprint density at radius 1 is 0.794 bits per heavy atom. The summed E-state index contributed by atoms with van der Waals surface area (Å²) in [5.41, 5.74) is 1.65. The van der Waals surface area contributed by atoms with Gasteiger partial charge in [-0.25, -0.2) is 0 Å². The van der Waals surface area contributed by atoms with Crippen LogP contribution in [0.1, 0.15) is 78.5 Å². The average molecular weight is 467 g/mol. The summed E-state index contributed by atoms with van der Waals surface area (Å²) < 4.78 is 10.5. The first-order chi connectivity index (χ1) is 16.5. The van der Waals surface area contributed by atoms with Gasteiger partial charge < -0.3 is 14.8 Å². The van der Waals surface area contributed by atoms with E-state index in [2.05, 4.69) is 5.32 Å².